The molecular weight excluding hydrogens is 344 g/mol. The fourth-order valence-electron chi connectivity index (χ4n) is 1.95. The number of halogens is 1. The van der Waals surface area contributed by atoms with E-state index in [1.54, 1.807) is 12.1 Å². The van der Waals surface area contributed by atoms with Crippen molar-refractivity contribution in [3.63, 3.8) is 0 Å². The quantitative estimate of drug-likeness (QED) is 0.764. The molecule has 0 spiro atoms. The van der Waals surface area contributed by atoms with E-state index in [-0.39, 0.29) is 13.0 Å². The van der Waals surface area contributed by atoms with Gasteiger partial charge in [-0.25, -0.2) is 4.98 Å². The van der Waals surface area contributed by atoms with Crippen molar-refractivity contribution in [3.05, 3.63) is 53.2 Å². The number of anilines is 1. The molecule has 1 aromatic carbocycles. The lowest BCUT2D eigenvalue weighted by Gasteiger charge is -2.13. The Balaban J connectivity index is 1.74. The molecule has 1 amide bonds. The highest BCUT2D eigenvalue weighted by Crippen LogP contribution is 2.16. The number of amides is 1. The number of carbonyl (C=O) groups excluding carboxylic acids is 2. The van der Waals surface area contributed by atoms with Crippen LogP contribution < -0.4 is 10.1 Å². The average Bonchev–Trinajstić information content (AvgIpc) is 2.58. The number of hydrogen-bond donors (Lipinski definition) is 1. The zero-order valence-corrected chi connectivity index (χ0v) is 14.7. The Morgan fingerprint density at radius 1 is 1.24 bits per heavy atom. The molecule has 1 N–H and O–H groups in total. The molecule has 7 heteroatoms. The standard InChI is InChI=1S/C18H19ClN2O4/c1-12-5-3-4-6-15(12)24-10-9-17(22)25-13(2)18(23)21-16-8-7-14(19)11-20-16/h3-8,11,13H,9-10H2,1-2H3,(H,20,21,23)/t13-/m1/s1. The normalized spacial score (nSPS) is 11.5. The van der Waals surface area contributed by atoms with Crippen LogP contribution in [0.4, 0.5) is 5.82 Å². The summed E-state index contributed by atoms with van der Waals surface area (Å²) in [6, 6.07) is 10.7. The highest BCUT2D eigenvalue weighted by Gasteiger charge is 2.18. The number of nitrogens with one attached hydrogen (secondary N) is 1. The van der Waals surface area contributed by atoms with Gasteiger partial charge in [0.05, 0.1) is 18.1 Å². The Kier molecular flexibility index (Phi) is 6.77. The van der Waals surface area contributed by atoms with Crippen LogP contribution in [0.5, 0.6) is 5.75 Å². The van der Waals surface area contributed by atoms with E-state index in [1.165, 1.54) is 13.1 Å². The second kappa shape index (κ2) is 9.03. The summed E-state index contributed by atoms with van der Waals surface area (Å²) in [6.45, 7) is 3.59. The molecule has 0 bridgehead atoms. The first kappa shape index (κ1) is 18.7. The topological polar surface area (TPSA) is 77.5 Å². The van der Waals surface area contributed by atoms with Crippen molar-refractivity contribution >= 4 is 29.3 Å². The zero-order valence-electron chi connectivity index (χ0n) is 14.0. The van der Waals surface area contributed by atoms with Gasteiger partial charge >= 0.3 is 5.97 Å². The van der Waals surface area contributed by atoms with E-state index in [0.717, 1.165) is 11.3 Å². The Morgan fingerprint density at radius 3 is 2.68 bits per heavy atom. The van der Waals surface area contributed by atoms with Crippen LogP contribution in [-0.4, -0.2) is 29.6 Å². The molecule has 0 radical (unpaired) electrons. The van der Waals surface area contributed by atoms with Crippen molar-refractivity contribution in [1.29, 1.82) is 0 Å². The highest BCUT2D eigenvalue weighted by molar-refractivity contribution is 6.30. The molecule has 1 aromatic heterocycles. The molecular formula is C18H19ClN2O4. The van der Waals surface area contributed by atoms with Gasteiger partial charge in [0.25, 0.3) is 5.91 Å². The van der Waals surface area contributed by atoms with Crippen LogP contribution in [-0.2, 0) is 14.3 Å². The number of carbonyl (C=O) groups is 2. The molecule has 6 nitrogen and oxygen atoms in total. The first-order chi connectivity index (χ1) is 12.0. The van der Waals surface area contributed by atoms with Gasteiger partial charge in [0.15, 0.2) is 6.10 Å². The molecule has 2 aromatic rings. The van der Waals surface area contributed by atoms with E-state index in [9.17, 15) is 9.59 Å². The largest absolute Gasteiger partial charge is 0.493 e. The van der Waals surface area contributed by atoms with Gasteiger partial charge in [-0.1, -0.05) is 29.8 Å². The Hall–Kier alpha value is -2.60. The number of hydrogen-bond acceptors (Lipinski definition) is 5. The molecule has 0 aliphatic heterocycles. The van der Waals surface area contributed by atoms with E-state index >= 15 is 0 Å². The number of nitrogens with zero attached hydrogens (tertiary/aromatic N) is 1. The first-order valence-electron chi connectivity index (χ1n) is 7.76. The number of aryl methyl sites for hydroxylation is 1. The molecule has 2 rings (SSSR count). The van der Waals surface area contributed by atoms with Crippen LogP contribution >= 0.6 is 11.6 Å². The van der Waals surface area contributed by atoms with Gasteiger partial charge in [-0.15, -0.1) is 0 Å². The van der Waals surface area contributed by atoms with Crippen LogP contribution in [0, 0.1) is 6.92 Å². The smallest absolute Gasteiger partial charge is 0.310 e. The molecule has 25 heavy (non-hydrogen) atoms. The molecule has 1 atom stereocenters. The SMILES string of the molecule is Cc1ccccc1OCCC(=O)O[C@H](C)C(=O)Nc1ccc(Cl)cn1. The summed E-state index contributed by atoms with van der Waals surface area (Å²) in [5, 5.41) is 3.01. The molecule has 0 aliphatic carbocycles. The maximum atomic E-state index is 12.0. The third kappa shape index (κ3) is 6.08. The third-order valence-corrected chi connectivity index (χ3v) is 3.54. The summed E-state index contributed by atoms with van der Waals surface area (Å²) in [7, 11) is 0. The number of esters is 1. The molecule has 1 heterocycles. The van der Waals surface area contributed by atoms with Gasteiger partial charge in [0.2, 0.25) is 0 Å². The summed E-state index contributed by atoms with van der Waals surface area (Å²) in [5.41, 5.74) is 0.985. The van der Waals surface area contributed by atoms with Gasteiger partial charge < -0.3 is 14.8 Å². The lowest BCUT2D eigenvalue weighted by atomic mass is 10.2. The Labute approximate surface area is 151 Å². The predicted molar refractivity (Wildman–Crippen MR) is 94.7 cm³/mol. The first-order valence-corrected chi connectivity index (χ1v) is 8.14. The average molecular weight is 363 g/mol. The fourth-order valence-corrected chi connectivity index (χ4v) is 2.06. The monoisotopic (exact) mass is 362 g/mol. The maximum absolute atomic E-state index is 12.0. The minimum Gasteiger partial charge on any atom is -0.493 e. The second-order valence-corrected chi connectivity index (χ2v) is 5.78. The summed E-state index contributed by atoms with van der Waals surface area (Å²) < 4.78 is 10.6. The molecule has 0 aliphatic rings. The number of pyridine rings is 1. The molecule has 0 unspecified atom stereocenters. The molecule has 132 valence electrons. The number of benzene rings is 1. The zero-order chi connectivity index (χ0) is 18.2. The lowest BCUT2D eigenvalue weighted by Crippen LogP contribution is -2.30. The van der Waals surface area contributed by atoms with Gasteiger partial charge in [-0.2, -0.15) is 0 Å². The van der Waals surface area contributed by atoms with Crippen molar-refractivity contribution in [2.45, 2.75) is 26.4 Å². The van der Waals surface area contributed by atoms with Crippen molar-refractivity contribution in [1.82, 2.24) is 4.98 Å². The van der Waals surface area contributed by atoms with E-state index in [4.69, 9.17) is 21.1 Å². The number of aromatic nitrogens is 1. The highest BCUT2D eigenvalue weighted by atomic mass is 35.5. The summed E-state index contributed by atoms with van der Waals surface area (Å²) in [5.74, 6) is 0.0679. The van der Waals surface area contributed by atoms with Crippen LogP contribution in [0.2, 0.25) is 5.02 Å². The van der Waals surface area contributed by atoms with Crippen molar-refractivity contribution < 1.29 is 19.1 Å². The lowest BCUT2D eigenvalue weighted by molar-refractivity contribution is -0.153. The van der Waals surface area contributed by atoms with E-state index in [2.05, 4.69) is 10.3 Å². The fraction of sp³-hybridized carbons (Fsp3) is 0.278. The van der Waals surface area contributed by atoms with Gasteiger partial charge in [-0.3, -0.25) is 9.59 Å². The third-order valence-electron chi connectivity index (χ3n) is 3.31. The van der Waals surface area contributed by atoms with Crippen LogP contribution in [0.15, 0.2) is 42.6 Å². The molecule has 0 fully saturated rings. The van der Waals surface area contributed by atoms with Crippen LogP contribution in [0.3, 0.4) is 0 Å². The van der Waals surface area contributed by atoms with Gasteiger partial charge in [0, 0.05) is 6.20 Å². The van der Waals surface area contributed by atoms with Gasteiger partial charge in [-0.05, 0) is 37.6 Å². The van der Waals surface area contributed by atoms with Crippen LogP contribution in [0.25, 0.3) is 0 Å². The number of rotatable bonds is 7. The predicted octanol–water partition coefficient (Wildman–Crippen LogP) is 3.38. The van der Waals surface area contributed by atoms with E-state index in [1.807, 2.05) is 31.2 Å². The van der Waals surface area contributed by atoms with E-state index in [0.29, 0.717) is 10.8 Å². The number of para-hydroxylation sites is 1. The van der Waals surface area contributed by atoms with Crippen molar-refractivity contribution in [2.24, 2.45) is 0 Å². The summed E-state index contributed by atoms with van der Waals surface area (Å²) >= 11 is 5.73. The second-order valence-electron chi connectivity index (χ2n) is 5.35. The molecule has 0 saturated carbocycles. The Morgan fingerprint density at radius 2 is 2.00 bits per heavy atom. The Bertz CT molecular complexity index is 734. The number of ether oxygens (including phenoxy) is 2. The van der Waals surface area contributed by atoms with Crippen LogP contribution in [0.1, 0.15) is 18.9 Å². The maximum Gasteiger partial charge on any atom is 0.310 e. The van der Waals surface area contributed by atoms with Crippen molar-refractivity contribution in [3.8, 4) is 5.75 Å². The van der Waals surface area contributed by atoms with Crippen molar-refractivity contribution in [2.75, 3.05) is 11.9 Å². The minimum atomic E-state index is -0.941. The summed E-state index contributed by atoms with van der Waals surface area (Å²) in [4.78, 5) is 27.7. The van der Waals surface area contributed by atoms with Gasteiger partial charge in [0.1, 0.15) is 11.6 Å². The van der Waals surface area contributed by atoms with E-state index < -0.39 is 18.0 Å². The minimum absolute atomic E-state index is 0.0468. The molecule has 0 saturated heterocycles. The summed E-state index contributed by atoms with van der Waals surface area (Å²) in [6.07, 6.45) is 0.519.